The van der Waals surface area contributed by atoms with Crippen LogP contribution < -0.4 is 10.5 Å². The number of benzene rings is 1. The van der Waals surface area contributed by atoms with Gasteiger partial charge in [0, 0.05) is 11.5 Å². The van der Waals surface area contributed by atoms with E-state index in [0.717, 1.165) is 30.6 Å². The van der Waals surface area contributed by atoms with Gasteiger partial charge in [0.05, 0.1) is 13.2 Å². The molecule has 2 aromatic rings. The standard InChI is InChI=1S/C10H10N2O7S/c1-19-10(14)9-7(13)5-2-4(11(15)16)3-6(12(17)18)8(5)20-9/h2-3,11-13,15,17H,1H3. The molecule has 0 bridgehead atoms. The predicted molar refractivity (Wildman–Crippen MR) is 66.4 cm³/mol. The number of carbonyl (C=O) groups excluding carboxylic acids is 1. The second-order valence-electron chi connectivity index (χ2n) is 3.78. The molecule has 0 radical (unpaired) electrons. The van der Waals surface area contributed by atoms with Gasteiger partial charge in [-0.3, -0.25) is 0 Å². The lowest BCUT2D eigenvalue weighted by molar-refractivity contribution is -0.995. The number of rotatable bonds is 3. The van der Waals surface area contributed by atoms with E-state index in [4.69, 9.17) is 10.4 Å². The molecule has 10 heteroatoms. The molecule has 0 spiro atoms. The highest BCUT2D eigenvalue weighted by Crippen LogP contribution is 2.41. The van der Waals surface area contributed by atoms with Crippen molar-refractivity contribution in [2.24, 2.45) is 0 Å². The lowest BCUT2D eigenvalue weighted by Gasteiger charge is -2.16. The summed E-state index contributed by atoms with van der Waals surface area (Å²) in [4.78, 5) is 11.3. The average Bonchev–Trinajstić information content (AvgIpc) is 2.74. The van der Waals surface area contributed by atoms with Crippen LogP contribution in [0.5, 0.6) is 5.75 Å². The quantitative estimate of drug-likeness (QED) is 0.369. The summed E-state index contributed by atoms with van der Waals surface area (Å²) in [6.45, 7) is 0. The van der Waals surface area contributed by atoms with Crippen molar-refractivity contribution in [1.29, 1.82) is 0 Å². The number of methoxy groups -OCH3 is 1. The molecule has 108 valence electrons. The average molecular weight is 302 g/mol. The van der Waals surface area contributed by atoms with E-state index < -0.39 is 22.2 Å². The number of carbonyl (C=O) groups is 1. The van der Waals surface area contributed by atoms with Crippen molar-refractivity contribution in [2.45, 2.75) is 0 Å². The Bertz CT molecular complexity index is 667. The summed E-state index contributed by atoms with van der Waals surface area (Å²) in [6.07, 6.45) is 0. The van der Waals surface area contributed by atoms with Gasteiger partial charge in [0.2, 0.25) is 0 Å². The number of nitrogens with one attached hydrogen (secondary N) is 2. The number of esters is 1. The second-order valence-corrected chi connectivity index (χ2v) is 4.80. The van der Waals surface area contributed by atoms with Crippen LogP contribution in [0.1, 0.15) is 9.67 Å². The highest BCUT2D eigenvalue weighted by Gasteiger charge is 2.24. The van der Waals surface area contributed by atoms with Gasteiger partial charge in [-0.2, -0.15) is 10.5 Å². The molecule has 0 aliphatic heterocycles. The molecule has 0 fully saturated rings. The lowest BCUT2D eigenvalue weighted by atomic mass is 10.2. The topological polar surface area (TPSA) is 142 Å². The molecule has 2 unspecified atom stereocenters. The molecule has 5 N–H and O–H groups in total. The summed E-state index contributed by atoms with van der Waals surface area (Å²) < 4.78 is 4.58. The second kappa shape index (κ2) is 5.30. The lowest BCUT2D eigenvalue weighted by Crippen LogP contribution is -3.00. The summed E-state index contributed by atoms with van der Waals surface area (Å²) >= 11 is 0.734. The molecule has 0 saturated carbocycles. The molecule has 9 nitrogen and oxygen atoms in total. The van der Waals surface area contributed by atoms with Crippen LogP contribution >= 0.6 is 11.3 Å². The maximum absolute atomic E-state index is 11.5. The van der Waals surface area contributed by atoms with Crippen LogP contribution in [-0.4, -0.2) is 28.6 Å². The first-order chi connectivity index (χ1) is 9.36. The number of thiophene rings is 1. The minimum absolute atomic E-state index is 0.00676. The van der Waals surface area contributed by atoms with Crippen LogP contribution in [0, 0.1) is 10.4 Å². The Morgan fingerprint density at radius 1 is 1.30 bits per heavy atom. The highest BCUT2D eigenvalue weighted by atomic mass is 32.1. The fourth-order valence-electron chi connectivity index (χ4n) is 1.70. The summed E-state index contributed by atoms with van der Waals surface area (Å²) in [5.41, 5.74) is -0.588. The zero-order chi connectivity index (χ0) is 15.0. The van der Waals surface area contributed by atoms with Gasteiger partial charge in [-0.25, -0.2) is 15.2 Å². The van der Waals surface area contributed by atoms with Gasteiger partial charge in [0.15, 0.2) is 16.3 Å². The number of hydrogen-bond donors (Lipinski definition) is 5. The van der Waals surface area contributed by atoms with Gasteiger partial charge in [0.25, 0.3) is 0 Å². The van der Waals surface area contributed by atoms with E-state index in [1.54, 1.807) is 0 Å². The molecule has 1 aromatic carbocycles. The molecule has 20 heavy (non-hydrogen) atoms. The molecule has 0 saturated heterocycles. The maximum Gasteiger partial charge on any atom is 0.351 e. The molecular weight excluding hydrogens is 292 g/mol. The number of hydrogen-bond acceptors (Lipinski definition) is 8. The zero-order valence-electron chi connectivity index (χ0n) is 10.0. The predicted octanol–water partition coefficient (Wildman–Crippen LogP) is -0.800. The third kappa shape index (κ3) is 2.32. The van der Waals surface area contributed by atoms with Crippen LogP contribution in [0.15, 0.2) is 12.1 Å². The van der Waals surface area contributed by atoms with Crippen LogP contribution in [0.2, 0.25) is 0 Å². The zero-order valence-corrected chi connectivity index (χ0v) is 10.9. The Labute approximate surface area is 115 Å². The summed E-state index contributed by atoms with van der Waals surface area (Å²) in [5, 5.41) is 47.4. The fraction of sp³-hybridized carbons (Fsp3) is 0.100. The van der Waals surface area contributed by atoms with E-state index in [1.165, 1.54) is 0 Å². The smallest absolute Gasteiger partial charge is 0.351 e. The summed E-state index contributed by atoms with van der Waals surface area (Å²) in [6, 6.07) is 2.09. The third-order valence-electron chi connectivity index (χ3n) is 2.61. The van der Waals surface area contributed by atoms with E-state index in [2.05, 4.69) is 4.74 Å². The first-order valence-electron chi connectivity index (χ1n) is 5.21. The molecule has 0 aliphatic rings. The SMILES string of the molecule is COC(=O)c1sc2c([NH+]([O-])O)cc([NH+]([O-])O)cc2c1O. The van der Waals surface area contributed by atoms with Crippen LogP contribution in [-0.2, 0) is 4.74 Å². The monoisotopic (exact) mass is 302 g/mol. The van der Waals surface area contributed by atoms with Gasteiger partial charge >= 0.3 is 5.97 Å². The molecule has 2 atom stereocenters. The van der Waals surface area contributed by atoms with Crippen molar-refractivity contribution in [3.63, 3.8) is 0 Å². The van der Waals surface area contributed by atoms with Crippen molar-refractivity contribution < 1.29 is 35.5 Å². The Hall–Kier alpha value is -1.79. The maximum atomic E-state index is 11.5. The molecule has 0 aliphatic carbocycles. The normalized spacial score (nSPS) is 14.2. The van der Waals surface area contributed by atoms with Gasteiger partial charge in [0.1, 0.15) is 10.4 Å². The fourth-order valence-corrected chi connectivity index (χ4v) is 2.80. The Morgan fingerprint density at radius 2 is 1.95 bits per heavy atom. The highest BCUT2D eigenvalue weighted by molar-refractivity contribution is 7.21. The van der Waals surface area contributed by atoms with E-state index in [9.17, 15) is 20.3 Å². The Morgan fingerprint density at radius 3 is 2.45 bits per heavy atom. The van der Waals surface area contributed by atoms with E-state index >= 15 is 0 Å². The van der Waals surface area contributed by atoms with Crippen molar-refractivity contribution in [3.8, 4) is 5.75 Å². The van der Waals surface area contributed by atoms with Crippen molar-refractivity contribution in [2.75, 3.05) is 7.11 Å². The summed E-state index contributed by atoms with van der Waals surface area (Å²) in [7, 11) is 1.12. The molecular formula is C10H10N2O7S. The van der Waals surface area contributed by atoms with Crippen LogP contribution in [0.4, 0.5) is 11.4 Å². The van der Waals surface area contributed by atoms with E-state index in [0.29, 0.717) is 0 Å². The number of quaternary nitrogens is 2. The van der Waals surface area contributed by atoms with Crippen molar-refractivity contribution >= 4 is 38.8 Å². The van der Waals surface area contributed by atoms with E-state index in [-0.39, 0.29) is 26.3 Å². The first-order valence-corrected chi connectivity index (χ1v) is 6.03. The van der Waals surface area contributed by atoms with Gasteiger partial charge in [-0.1, -0.05) is 0 Å². The third-order valence-corrected chi connectivity index (χ3v) is 3.82. The summed E-state index contributed by atoms with van der Waals surface area (Å²) in [5.74, 6) is -1.31. The molecule has 2 rings (SSSR count). The van der Waals surface area contributed by atoms with E-state index in [1.807, 2.05) is 0 Å². The number of ether oxygens (including phenoxy) is 1. The van der Waals surface area contributed by atoms with Crippen LogP contribution in [0.3, 0.4) is 0 Å². The number of aromatic hydroxyl groups is 1. The molecule has 1 aromatic heterocycles. The Kier molecular flexibility index (Phi) is 3.87. The van der Waals surface area contributed by atoms with Gasteiger partial charge < -0.3 is 20.3 Å². The first kappa shape index (κ1) is 14.6. The van der Waals surface area contributed by atoms with Gasteiger partial charge in [-0.05, 0) is 0 Å². The minimum atomic E-state index is -1.35. The van der Waals surface area contributed by atoms with Crippen LogP contribution in [0.25, 0.3) is 10.1 Å². The molecule has 0 amide bonds. The van der Waals surface area contributed by atoms with Gasteiger partial charge in [-0.15, -0.1) is 11.3 Å². The Balaban J connectivity index is 2.79. The largest absolute Gasteiger partial charge is 0.595 e. The minimum Gasteiger partial charge on any atom is -0.595 e. The number of fused-ring (bicyclic) bond motifs is 1. The molecule has 1 heterocycles. The van der Waals surface area contributed by atoms with Crippen molar-refractivity contribution in [1.82, 2.24) is 0 Å². The van der Waals surface area contributed by atoms with Crippen molar-refractivity contribution in [3.05, 3.63) is 27.4 Å².